The first-order valence-electron chi connectivity index (χ1n) is 3.62. The van der Waals surface area contributed by atoms with Crippen LogP contribution in [0.4, 0.5) is 4.79 Å². The van der Waals surface area contributed by atoms with Crippen LogP contribution in [-0.2, 0) is 4.79 Å². The highest BCUT2D eigenvalue weighted by atomic mass is 16.2. The lowest BCUT2D eigenvalue weighted by molar-refractivity contribution is -0.118. The Morgan fingerprint density at radius 2 is 2.00 bits per heavy atom. The molecule has 1 unspecified atom stereocenters. The summed E-state index contributed by atoms with van der Waals surface area (Å²) in [6.07, 6.45) is 0. The minimum atomic E-state index is -0.401. The number of carbonyl (C=O) groups excluding carboxylic acids is 2. The number of amides is 2. The summed E-state index contributed by atoms with van der Waals surface area (Å²) in [5.41, 5.74) is 0. The molecule has 0 bridgehead atoms. The zero-order valence-electron chi connectivity index (χ0n) is 7.10. The summed E-state index contributed by atoms with van der Waals surface area (Å²) in [4.78, 5) is 21.4. The van der Waals surface area contributed by atoms with Crippen molar-refractivity contribution in [1.82, 2.24) is 10.6 Å². The van der Waals surface area contributed by atoms with Crippen molar-refractivity contribution < 1.29 is 9.59 Å². The topological polar surface area (TPSA) is 58.2 Å². The van der Waals surface area contributed by atoms with Crippen LogP contribution >= 0.6 is 0 Å². The molecule has 0 aliphatic heterocycles. The molecule has 4 nitrogen and oxygen atoms in total. The van der Waals surface area contributed by atoms with Gasteiger partial charge in [-0.2, -0.15) is 0 Å². The van der Waals surface area contributed by atoms with Gasteiger partial charge in [-0.25, -0.2) is 4.79 Å². The highest BCUT2D eigenvalue weighted by Gasteiger charge is 2.09. The Kier molecular flexibility index (Phi) is 4.26. The Morgan fingerprint density at radius 1 is 1.45 bits per heavy atom. The predicted molar refractivity (Wildman–Crippen MR) is 42.4 cm³/mol. The highest BCUT2D eigenvalue weighted by Crippen LogP contribution is 1.82. The van der Waals surface area contributed by atoms with Gasteiger partial charge in [0.2, 0.25) is 0 Å². The molecule has 0 rings (SSSR count). The van der Waals surface area contributed by atoms with E-state index in [-0.39, 0.29) is 11.8 Å². The maximum Gasteiger partial charge on any atom is 0.315 e. The maximum atomic E-state index is 10.8. The second-order valence-corrected chi connectivity index (χ2v) is 2.34. The average molecular weight is 158 g/mol. The lowest BCUT2D eigenvalue weighted by Crippen LogP contribution is -2.43. The Bertz CT molecular complexity index is 157. The van der Waals surface area contributed by atoms with Crippen LogP contribution in [0.2, 0.25) is 0 Å². The van der Waals surface area contributed by atoms with Gasteiger partial charge in [-0.3, -0.25) is 4.79 Å². The summed E-state index contributed by atoms with van der Waals surface area (Å²) in [7, 11) is 0. The minimum Gasteiger partial charge on any atom is -0.338 e. The monoisotopic (exact) mass is 158 g/mol. The predicted octanol–water partition coefficient (Wildman–Crippen LogP) is 0.283. The molecule has 0 aromatic heterocycles. The van der Waals surface area contributed by atoms with E-state index in [0.717, 1.165) is 0 Å². The normalized spacial score (nSPS) is 11.9. The Balaban J connectivity index is 3.66. The van der Waals surface area contributed by atoms with Crippen LogP contribution in [0.3, 0.4) is 0 Å². The molecule has 0 fully saturated rings. The fourth-order valence-electron chi connectivity index (χ4n) is 0.510. The van der Waals surface area contributed by atoms with Crippen LogP contribution in [0.25, 0.3) is 0 Å². The smallest absolute Gasteiger partial charge is 0.315 e. The molecule has 2 amide bonds. The van der Waals surface area contributed by atoms with Crippen LogP contribution in [-0.4, -0.2) is 24.4 Å². The van der Waals surface area contributed by atoms with E-state index in [1.54, 1.807) is 6.92 Å². The number of carbonyl (C=O) groups is 2. The highest BCUT2D eigenvalue weighted by molar-refractivity contribution is 5.86. The van der Waals surface area contributed by atoms with Crippen molar-refractivity contribution >= 4 is 11.8 Å². The first-order chi connectivity index (χ1) is 5.07. The summed E-state index contributed by atoms with van der Waals surface area (Å²) >= 11 is 0. The van der Waals surface area contributed by atoms with Crippen LogP contribution in [0.15, 0.2) is 0 Å². The number of Topliss-reactive ketones (excluding diaryl/α,β-unsaturated/α-hetero) is 1. The minimum absolute atomic E-state index is 0.0451. The van der Waals surface area contributed by atoms with Gasteiger partial charge >= 0.3 is 6.03 Å². The van der Waals surface area contributed by atoms with Crippen molar-refractivity contribution in [3.8, 4) is 0 Å². The summed E-state index contributed by atoms with van der Waals surface area (Å²) in [5.74, 6) is -0.0451. The van der Waals surface area contributed by atoms with Gasteiger partial charge in [0.15, 0.2) is 5.78 Å². The number of hydrogen-bond donors (Lipinski definition) is 2. The van der Waals surface area contributed by atoms with Crippen molar-refractivity contribution in [2.75, 3.05) is 6.54 Å². The van der Waals surface area contributed by atoms with E-state index in [4.69, 9.17) is 0 Å². The number of rotatable bonds is 3. The molecule has 4 heteroatoms. The first-order valence-corrected chi connectivity index (χ1v) is 3.62. The molecule has 11 heavy (non-hydrogen) atoms. The summed E-state index contributed by atoms with van der Waals surface area (Å²) < 4.78 is 0. The molecular formula is C7H14N2O2. The average Bonchev–Trinajstić information content (AvgIpc) is 1.87. The van der Waals surface area contributed by atoms with E-state index in [2.05, 4.69) is 10.6 Å². The fourth-order valence-corrected chi connectivity index (χ4v) is 0.510. The van der Waals surface area contributed by atoms with Crippen LogP contribution in [0, 0.1) is 0 Å². The molecule has 64 valence electrons. The third kappa shape index (κ3) is 4.36. The van der Waals surface area contributed by atoms with Gasteiger partial charge in [-0.05, 0) is 20.8 Å². The van der Waals surface area contributed by atoms with E-state index in [0.29, 0.717) is 6.54 Å². The SMILES string of the molecule is CCNC(=O)NC(C)C(C)=O. The van der Waals surface area contributed by atoms with Crippen LogP contribution < -0.4 is 10.6 Å². The molecule has 0 aliphatic carbocycles. The molecular weight excluding hydrogens is 144 g/mol. The fraction of sp³-hybridized carbons (Fsp3) is 0.714. The third-order valence-electron chi connectivity index (χ3n) is 1.29. The quantitative estimate of drug-likeness (QED) is 0.620. The molecule has 0 heterocycles. The summed E-state index contributed by atoms with van der Waals surface area (Å²) in [6.45, 7) is 5.48. The molecule has 0 spiro atoms. The van der Waals surface area contributed by atoms with Gasteiger partial charge in [0.1, 0.15) is 0 Å². The second kappa shape index (κ2) is 4.71. The van der Waals surface area contributed by atoms with Crippen molar-refractivity contribution in [2.45, 2.75) is 26.8 Å². The number of hydrogen-bond acceptors (Lipinski definition) is 2. The Labute approximate surface area is 66.4 Å². The Morgan fingerprint density at radius 3 is 2.36 bits per heavy atom. The molecule has 0 saturated heterocycles. The van der Waals surface area contributed by atoms with Gasteiger partial charge in [-0.15, -0.1) is 0 Å². The molecule has 0 saturated carbocycles. The molecule has 0 aromatic carbocycles. The maximum absolute atomic E-state index is 10.8. The van der Waals surface area contributed by atoms with E-state index in [1.165, 1.54) is 6.92 Å². The zero-order valence-corrected chi connectivity index (χ0v) is 7.10. The third-order valence-corrected chi connectivity index (χ3v) is 1.29. The number of urea groups is 1. The zero-order chi connectivity index (χ0) is 8.85. The standard InChI is InChI=1S/C7H14N2O2/c1-4-8-7(11)9-5(2)6(3)10/h5H,4H2,1-3H3,(H2,8,9,11). The number of ketones is 1. The van der Waals surface area contributed by atoms with E-state index >= 15 is 0 Å². The molecule has 0 aromatic rings. The first kappa shape index (κ1) is 9.94. The lowest BCUT2D eigenvalue weighted by atomic mass is 10.2. The molecule has 0 aliphatic rings. The van der Waals surface area contributed by atoms with Gasteiger partial charge < -0.3 is 10.6 Å². The molecule has 1 atom stereocenters. The van der Waals surface area contributed by atoms with E-state index < -0.39 is 6.04 Å². The van der Waals surface area contributed by atoms with Gasteiger partial charge in [0.05, 0.1) is 6.04 Å². The van der Waals surface area contributed by atoms with Gasteiger partial charge in [0, 0.05) is 6.54 Å². The van der Waals surface area contributed by atoms with E-state index in [9.17, 15) is 9.59 Å². The second-order valence-electron chi connectivity index (χ2n) is 2.34. The van der Waals surface area contributed by atoms with Crippen molar-refractivity contribution in [2.24, 2.45) is 0 Å². The van der Waals surface area contributed by atoms with Crippen LogP contribution in [0.5, 0.6) is 0 Å². The van der Waals surface area contributed by atoms with Gasteiger partial charge in [0.25, 0.3) is 0 Å². The van der Waals surface area contributed by atoms with Crippen molar-refractivity contribution in [3.63, 3.8) is 0 Å². The summed E-state index contributed by atoms with van der Waals surface area (Å²) in [5, 5.41) is 5.01. The molecule has 0 radical (unpaired) electrons. The van der Waals surface area contributed by atoms with E-state index in [1.807, 2.05) is 6.92 Å². The van der Waals surface area contributed by atoms with Crippen LogP contribution in [0.1, 0.15) is 20.8 Å². The number of nitrogens with one attached hydrogen (secondary N) is 2. The van der Waals surface area contributed by atoms with Gasteiger partial charge in [-0.1, -0.05) is 0 Å². The molecule has 2 N–H and O–H groups in total. The van der Waals surface area contributed by atoms with Crippen molar-refractivity contribution in [1.29, 1.82) is 0 Å². The lowest BCUT2D eigenvalue weighted by Gasteiger charge is -2.09. The van der Waals surface area contributed by atoms with Crippen molar-refractivity contribution in [3.05, 3.63) is 0 Å². The largest absolute Gasteiger partial charge is 0.338 e. The Hall–Kier alpha value is -1.06. The summed E-state index contributed by atoms with van der Waals surface area (Å²) in [6, 6.07) is -0.697.